The third kappa shape index (κ3) is 4.07. The molecule has 1 amide bonds. The van der Waals surface area contributed by atoms with Crippen molar-refractivity contribution in [2.45, 2.75) is 38.8 Å². The van der Waals surface area contributed by atoms with Gasteiger partial charge in [-0.05, 0) is 55.9 Å². The molecule has 6 heteroatoms. The number of nitrogens with zero attached hydrogens (tertiary/aromatic N) is 3. The molecule has 3 aromatic rings. The number of fused-ring (bicyclic) bond motifs is 1. The van der Waals surface area contributed by atoms with Gasteiger partial charge in [0.1, 0.15) is 5.82 Å². The molecule has 3 heterocycles. The zero-order chi connectivity index (χ0) is 22.1. The summed E-state index contributed by atoms with van der Waals surface area (Å²) >= 11 is 0. The normalized spacial score (nSPS) is 21.4. The number of aromatic amines is 1. The number of H-pyrrole nitrogens is 1. The van der Waals surface area contributed by atoms with Gasteiger partial charge in [0.05, 0.1) is 12.0 Å². The van der Waals surface area contributed by atoms with E-state index in [0.29, 0.717) is 23.1 Å². The molecule has 2 atom stereocenters. The summed E-state index contributed by atoms with van der Waals surface area (Å²) in [5.74, 6) is 0.344. The van der Waals surface area contributed by atoms with Crippen LogP contribution in [0.25, 0.3) is 11.1 Å². The Morgan fingerprint density at radius 1 is 1.12 bits per heavy atom. The fraction of sp³-hybridized carbons (Fsp3) is 0.385. The number of carbonyl (C=O) groups excluding carboxylic acids is 1. The second-order valence-corrected chi connectivity index (χ2v) is 9.02. The molecular formula is C26H29FN4O. The second-order valence-electron chi connectivity index (χ2n) is 9.02. The summed E-state index contributed by atoms with van der Waals surface area (Å²) in [6.07, 6.45) is 4.95. The summed E-state index contributed by atoms with van der Waals surface area (Å²) in [5.41, 5.74) is 4.27. The van der Waals surface area contributed by atoms with Crippen LogP contribution in [0.2, 0.25) is 0 Å². The van der Waals surface area contributed by atoms with Crippen molar-refractivity contribution in [3.05, 3.63) is 77.6 Å². The minimum absolute atomic E-state index is 0.0939. The summed E-state index contributed by atoms with van der Waals surface area (Å²) in [6.45, 7) is 5.72. The molecular weight excluding hydrogens is 403 g/mol. The molecule has 2 aliphatic heterocycles. The first kappa shape index (κ1) is 20.9. The van der Waals surface area contributed by atoms with Crippen molar-refractivity contribution in [1.82, 2.24) is 19.8 Å². The number of aromatic nitrogens is 2. The molecule has 32 heavy (non-hydrogen) atoms. The van der Waals surface area contributed by atoms with Crippen LogP contribution in [0.15, 0.2) is 54.9 Å². The molecule has 2 fully saturated rings. The lowest BCUT2D eigenvalue weighted by Crippen LogP contribution is -2.55. The van der Waals surface area contributed by atoms with Crippen molar-refractivity contribution < 1.29 is 9.18 Å². The lowest BCUT2D eigenvalue weighted by atomic mass is 9.83. The third-order valence-electron chi connectivity index (χ3n) is 7.04. The van der Waals surface area contributed by atoms with Crippen molar-refractivity contribution in [2.75, 3.05) is 19.6 Å². The largest absolute Gasteiger partial charge is 0.348 e. The maximum atomic E-state index is 14.1. The van der Waals surface area contributed by atoms with Gasteiger partial charge in [-0.25, -0.2) is 9.37 Å². The first-order valence-corrected chi connectivity index (χ1v) is 11.5. The van der Waals surface area contributed by atoms with E-state index < -0.39 is 0 Å². The van der Waals surface area contributed by atoms with E-state index in [1.807, 2.05) is 30.3 Å². The lowest BCUT2D eigenvalue weighted by Gasteiger charge is -2.47. The van der Waals surface area contributed by atoms with Gasteiger partial charge in [-0.1, -0.05) is 30.3 Å². The van der Waals surface area contributed by atoms with Gasteiger partial charge in [0.2, 0.25) is 0 Å². The summed E-state index contributed by atoms with van der Waals surface area (Å²) in [4.78, 5) is 25.5. The van der Waals surface area contributed by atoms with Gasteiger partial charge in [0.25, 0.3) is 5.91 Å². The van der Waals surface area contributed by atoms with E-state index in [0.717, 1.165) is 62.4 Å². The number of benzene rings is 2. The monoisotopic (exact) mass is 432 g/mol. The predicted molar refractivity (Wildman–Crippen MR) is 123 cm³/mol. The number of aryl methyl sites for hydroxylation is 1. The summed E-state index contributed by atoms with van der Waals surface area (Å²) < 4.78 is 14.1. The maximum Gasteiger partial charge on any atom is 0.254 e. The van der Waals surface area contributed by atoms with E-state index in [9.17, 15) is 9.18 Å². The van der Waals surface area contributed by atoms with Crippen LogP contribution in [0, 0.1) is 18.7 Å². The Kier molecular flexibility index (Phi) is 5.79. The van der Waals surface area contributed by atoms with E-state index in [-0.39, 0.29) is 11.7 Å². The standard InChI is InChI=1S/C26H29FN4O/c1-18-24(29-17-28-18)16-30-14-12-25-21(15-30)5-4-13-31(25)26(32)20-10-8-19(9-11-20)22-6-2-3-7-23(22)27/h2-3,6-11,17,21,25H,4-5,12-16H2,1H3,(H,28,29)/t21-,25+/m1/s1. The first-order chi connectivity index (χ1) is 15.6. The highest BCUT2D eigenvalue weighted by atomic mass is 19.1. The Hall–Kier alpha value is -2.99. The van der Waals surface area contributed by atoms with Crippen LogP contribution in [0.4, 0.5) is 4.39 Å². The predicted octanol–water partition coefficient (Wildman–Crippen LogP) is 4.65. The Bertz CT molecular complexity index is 1090. The average Bonchev–Trinajstić information content (AvgIpc) is 3.22. The topological polar surface area (TPSA) is 52.2 Å². The second kappa shape index (κ2) is 8.87. The number of likely N-dealkylation sites (tertiary alicyclic amines) is 2. The van der Waals surface area contributed by atoms with Crippen molar-refractivity contribution in [3.8, 4) is 11.1 Å². The molecule has 5 rings (SSSR count). The van der Waals surface area contributed by atoms with Gasteiger partial charge in [-0.2, -0.15) is 0 Å². The number of nitrogens with one attached hydrogen (secondary N) is 1. The Morgan fingerprint density at radius 2 is 1.94 bits per heavy atom. The summed E-state index contributed by atoms with van der Waals surface area (Å²) in [6, 6.07) is 14.4. The van der Waals surface area contributed by atoms with Crippen LogP contribution in [0.1, 0.15) is 41.0 Å². The minimum atomic E-state index is -0.248. The van der Waals surface area contributed by atoms with Crippen molar-refractivity contribution in [1.29, 1.82) is 0 Å². The molecule has 1 N–H and O–H groups in total. The SMILES string of the molecule is Cc1[nH]cnc1CN1CC[C@H]2[C@H](CCCN2C(=O)c2ccc(-c3ccccc3F)cc2)C1. The van der Waals surface area contributed by atoms with Gasteiger partial charge in [-0.3, -0.25) is 9.69 Å². The van der Waals surface area contributed by atoms with E-state index in [1.165, 1.54) is 6.07 Å². The van der Waals surface area contributed by atoms with Gasteiger partial charge in [-0.15, -0.1) is 0 Å². The van der Waals surface area contributed by atoms with Crippen LogP contribution >= 0.6 is 0 Å². The highest BCUT2D eigenvalue weighted by Crippen LogP contribution is 2.32. The zero-order valence-corrected chi connectivity index (χ0v) is 18.4. The highest BCUT2D eigenvalue weighted by molar-refractivity contribution is 5.95. The number of halogens is 1. The van der Waals surface area contributed by atoms with Crippen LogP contribution in [0.5, 0.6) is 0 Å². The third-order valence-corrected chi connectivity index (χ3v) is 7.04. The number of piperidine rings is 2. The number of imidazole rings is 1. The number of hydrogen-bond donors (Lipinski definition) is 1. The van der Waals surface area contributed by atoms with E-state index in [2.05, 4.69) is 26.7 Å². The number of hydrogen-bond acceptors (Lipinski definition) is 3. The summed E-state index contributed by atoms with van der Waals surface area (Å²) in [5, 5.41) is 0. The fourth-order valence-electron chi connectivity index (χ4n) is 5.29. The lowest BCUT2D eigenvalue weighted by molar-refractivity contribution is 0.0181. The maximum absolute atomic E-state index is 14.1. The molecule has 166 valence electrons. The number of carbonyl (C=O) groups is 1. The fourth-order valence-corrected chi connectivity index (χ4v) is 5.29. The molecule has 1 aromatic heterocycles. The number of amides is 1. The van der Waals surface area contributed by atoms with Gasteiger partial charge in [0.15, 0.2) is 0 Å². The molecule has 0 radical (unpaired) electrons. The molecule has 0 unspecified atom stereocenters. The van der Waals surface area contributed by atoms with Gasteiger partial charge >= 0.3 is 0 Å². The number of rotatable bonds is 4. The Balaban J connectivity index is 1.27. The summed E-state index contributed by atoms with van der Waals surface area (Å²) in [7, 11) is 0. The first-order valence-electron chi connectivity index (χ1n) is 11.5. The van der Waals surface area contributed by atoms with Gasteiger partial charge in [0, 0.05) is 49.0 Å². The molecule has 0 saturated carbocycles. The average molecular weight is 433 g/mol. The molecule has 2 saturated heterocycles. The molecule has 0 bridgehead atoms. The quantitative estimate of drug-likeness (QED) is 0.653. The molecule has 2 aliphatic rings. The molecule has 5 nitrogen and oxygen atoms in total. The van der Waals surface area contributed by atoms with Crippen molar-refractivity contribution in [2.24, 2.45) is 5.92 Å². The van der Waals surface area contributed by atoms with Gasteiger partial charge < -0.3 is 9.88 Å². The van der Waals surface area contributed by atoms with Crippen LogP contribution in [-0.4, -0.2) is 51.4 Å². The molecule has 2 aromatic carbocycles. The van der Waals surface area contributed by atoms with Crippen LogP contribution in [-0.2, 0) is 6.54 Å². The van der Waals surface area contributed by atoms with Crippen molar-refractivity contribution in [3.63, 3.8) is 0 Å². The highest BCUT2D eigenvalue weighted by Gasteiger charge is 2.38. The van der Waals surface area contributed by atoms with Crippen LogP contribution in [0.3, 0.4) is 0 Å². The van der Waals surface area contributed by atoms with E-state index >= 15 is 0 Å². The van der Waals surface area contributed by atoms with Crippen LogP contribution < -0.4 is 0 Å². The van der Waals surface area contributed by atoms with E-state index in [4.69, 9.17) is 0 Å². The molecule has 0 spiro atoms. The Morgan fingerprint density at radius 3 is 2.69 bits per heavy atom. The van der Waals surface area contributed by atoms with E-state index in [1.54, 1.807) is 18.5 Å². The van der Waals surface area contributed by atoms with Crippen molar-refractivity contribution >= 4 is 5.91 Å². The minimum Gasteiger partial charge on any atom is -0.348 e. The zero-order valence-electron chi connectivity index (χ0n) is 18.4. The molecule has 0 aliphatic carbocycles. The Labute approximate surface area is 188 Å². The smallest absolute Gasteiger partial charge is 0.254 e.